The Morgan fingerprint density at radius 1 is 1.00 bits per heavy atom. The van der Waals surface area contributed by atoms with E-state index in [4.69, 9.17) is 5.11 Å². The molecule has 0 heterocycles. The molecule has 0 radical (unpaired) electrons. The normalized spacial score (nSPS) is 6.67. The van der Waals surface area contributed by atoms with Crippen molar-refractivity contribution in [3.63, 3.8) is 0 Å². The lowest BCUT2D eigenvalue weighted by Crippen LogP contribution is -1.56. The Balaban J connectivity index is 0. The van der Waals surface area contributed by atoms with Gasteiger partial charge in [-0.1, -0.05) is 18.2 Å². The maximum atomic E-state index is 8.63. The van der Waals surface area contributed by atoms with Crippen LogP contribution >= 0.6 is 23.4 Å². The van der Waals surface area contributed by atoms with Crippen molar-refractivity contribution in [2.75, 3.05) is 0 Å². The first-order valence-electron chi connectivity index (χ1n) is 2.13. The van der Waals surface area contributed by atoms with E-state index >= 15 is 0 Å². The molecule has 1 aromatic carbocycles. The molecule has 9 heavy (non-hydrogen) atoms. The van der Waals surface area contributed by atoms with Crippen molar-refractivity contribution in [1.29, 1.82) is 0 Å². The molecule has 1 aromatic rings. The van der Waals surface area contributed by atoms with Crippen molar-refractivity contribution in [2.24, 2.45) is 0 Å². The lowest BCUT2D eigenvalue weighted by Gasteiger charge is -1.82. The average Bonchev–Trinajstić information content (AvgIpc) is 1.69. The fourth-order valence-corrected chi connectivity index (χ4v) is 0.428. The number of phenols is 1. The number of para-hydroxylation sites is 1. The number of hydrogen-bond acceptors (Lipinski definition) is 1. The van der Waals surface area contributed by atoms with Gasteiger partial charge in [0.25, 0.3) is 0 Å². The van der Waals surface area contributed by atoms with Crippen LogP contribution in [0.2, 0.25) is 0 Å². The molecule has 0 saturated carbocycles. The van der Waals surface area contributed by atoms with Gasteiger partial charge in [0.15, 0.2) is 0 Å². The summed E-state index contributed by atoms with van der Waals surface area (Å²) in [5, 5.41) is 8.63. The van der Waals surface area contributed by atoms with E-state index in [-0.39, 0.29) is 23.4 Å². The maximum Gasteiger partial charge on any atom is 0.115 e. The zero-order chi connectivity index (χ0) is 5.11. The summed E-state index contributed by atoms with van der Waals surface area (Å²) in [6.45, 7) is 0. The molecule has 1 rings (SSSR count). The van der Waals surface area contributed by atoms with Gasteiger partial charge in [0.05, 0.1) is 0 Å². The molecule has 0 spiro atoms. The van der Waals surface area contributed by atoms with E-state index in [2.05, 4.69) is 0 Å². The fraction of sp³-hybridized carbons (Fsp3) is 0. The smallest absolute Gasteiger partial charge is 0.115 e. The van der Waals surface area contributed by atoms with Crippen molar-refractivity contribution in [1.82, 2.24) is 0 Å². The van der Waals surface area contributed by atoms with E-state index in [1.165, 1.54) is 0 Å². The Morgan fingerprint density at radius 3 is 1.67 bits per heavy atom. The molecule has 3 heteroatoms. The van der Waals surface area contributed by atoms with Crippen LogP contribution in [-0.4, -0.2) is 5.11 Å². The minimum atomic E-state index is 0. The van der Waals surface area contributed by atoms with Gasteiger partial charge in [-0.15, -0.1) is 0 Å². The summed E-state index contributed by atoms with van der Waals surface area (Å²) in [4.78, 5) is 0. The summed E-state index contributed by atoms with van der Waals surface area (Å²) < 4.78 is 0. The Morgan fingerprint density at radius 2 is 1.44 bits per heavy atom. The van der Waals surface area contributed by atoms with Crippen LogP contribution in [0, 0.1) is 0 Å². The van der Waals surface area contributed by atoms with Gasteiger partial charge in [-0.05, 0) is 12.1 Å². The molecular weight excluding hydrogens is 151 g/mol. The number of hydrogen-bond donors (Lipinski definition) is 1. The first-order chi connectivity index (χ1) is 3.39. The molecule has 1 unspecified atom stereocenters. The van der Waals surface area contributed by atoms with Crippen molar-refractivity contribution < 1.29 is 5.11 Å². The largest absolute Gasteiger partial charge is 0.508 e. The second-order valence-electron chi connectivity index (χ2n) is 1.34. The molecule has 0 fully saturated rings. The highest BCUT2D eigenvalue weighted by molar-refractivity contribution is 7.59. The summed E-state index contributed by atoms with van der Waals surface area (Å²) in [5.41, 5.74) is 0. The Bertz CT molecular complexity index is 143. The first kappa shape index (κ1) is 11.6. The highest BCUT2D eigenvalue weighted by atomic mass is 32.1. The van der Waals surface area contributed by atoms with E-state index in [0.29, 0.717) is 5.75 Å². The number of benzene rings is 1. The predicted octanol–water partition coefficient (Wildman–Crippen LogP) is 1.56. The molecule has 0 bridgehead atoms. The highest BCUT2D eigenvalue weighted by Crippen LogP contribution is 2.02. The lowest BCUT2D eigenvalue weighted by atomic mass is 10.3. The van der Waals surface area contributed by atoms with Gasteiger partial charge in [0.1, 0.15) is 5.75 Å². The average molecular weight is 162 g/mol. The van der Waals surface area contributed by atoms with Gasteiger partial charge in [-0.25, -0.2) is 0 Å². The number of phenolic OH excluding ortho intramolecular Hbond substituents is 1. The molecule has 0 aliphatic heterocycles. The number of rotatable bonds is 0. The van der Waals surface area contributed by atoms with Crippen molar-refractivity contribution in [3.8, 4) is 5.75 Å². The zero-order valence-electron chi connectivity index (χ0n) is 5.04. The molecular formula is C6H11OPS. The summed E-state index contributed by atoms with van der Waals surface area (Å²) in [6.07, 6.45) is 0. The molecule has 0 saturated heterocycles. The summed E-state index contributed by atoms with van der Waals surface area (Å²) >= 11 is 0. The topological polar surface area (TPSA) is 20.2 Å². The number of aromatic hydroxyl groups is 1. The molecule has 52 valence electrons. The van der Waals surface area contributed by atoms with Crippen LogP contribution in [0.1, 0.15) is 0 Å². The fourth-order valence-electron chi connectivity index (χ4n) is 0.428. The van der Waals surface area contributed by atoms with Gasteiger partial charge < -0.3 is 5.11 Å². The van der Waals surface area contributed by atoms with Crippen molar-refractivity contribution >= 4 is 23.4 Å². The molecule has 1 N–H and O–H groups in total. The van der Waals surface area contributed by atoms with E-state index in [1.54, 1.807) is 24.3 Å². The SMILES string of the molecule is Oc1ccccc1.P.S. The minimum absolute atomic E-state index is 0. The van der Waals surface area contributed by atoms with E-state index < -0.39 is 0 Å². The van der Waals surface area contributed by atoms with Crippen LogP contribution in [0.15, 0.2) is 30.3 Å². The van der Waals surface area contributed by atoms with E-state index in [1.807, 2.05) is 6.07 Å². The Hall–Kier alpha value is -0.200. The van der Waals surface area contributed by atoms with Crippen LogP contribution in [0.3, 0.4) is 0 Å². The van der Waals surface area contributed by atoms with Gasteiger partial charge in [-0.3, -0.25) is 0 Å². The quantitative estimate of drug-likeness (QED) is 0.574. The van der Waals surface area contributed by atoms with Crippen LogP contribution in [-0.2, 0) is 0 Å². The third kappa shape index (κ3) is 4.31. The molecule has 1 atom stereocenters. The molecule has 0 aromatic heterocycles. The zero-order valence-corrected chi connectivity index (χ0v) is 7.46. The van der Waals surface area contributed by atoms with Gasteiger partial charge in [0, 0.05) is 0 Å². The van der Waals surface area contributed by atoms with Crippen molar-refractivity contribution in [3.05, 3.63) is 30.3 Å². The predicted molar refractivity (Wildman–Crippen MR) is 49.6 cm³/mol. The monoisotopic (exact) mass is 162 g/mol. The molecule has 1 nitrogen and oxygen atoms in total. The van der Waals surface area contributed by atoms with Crippen LogP contribution in [0.4, 0.5) is 0 Å². The summed E-state index contributed by atoms with van der Waals surface area (Å²) in [5.74, 6) is 0.322. The highest BCUT2D eigenvalue weighted by Gasteiger charge is 1.74. The van der Waals surface area contributed by atoms with Gasteiger partial charge in [-0.2, -0.15) is 23.4 Å². The Labute approximate surface area is 65.2 Å². The van der Waals surface area contributed by atoms with Crippen LogP contribution < -0.4 is 0 Å². The lowest BCUT2D eigenvalue weighted by molar-refractivity contribution is 0.475. The maximum absolute atomic E-state index is 8.63. The Kier molecular flexibility index (Phi) is 7.63. The van der Waals surface area contributed by atoms with E-state index in [9.17, 15) is 0 Å². The van der Waals surface area contributed by atoms with Crippen LogP contribution in [0.25, 0.3) is 0 Å². The minimum Gasteiger partial charge on any atom is -0.508 e. The summed E-state index contributed by atoms with van der Waals surface area (Å²) in [6, 6.07) is 8.71. The molecule has 0 aliphatic rings. The molecule has 0 aliphatic carbocycles. The van der Waals surface area contributed by atoms with Gasteiger partial charge in [0.2, 0.25) is 0 Å². The van der Waals surface area contributed by atoms with Crippen molar-refractivity contribution in [2.45, 2.75) is 0 Å². The summed E-state index contributed by atoms with van der Waals surface area (Å²) in [7, 11) is 0. The molecule has 0 amide bonds. The van der Waals surface area contributed by atoms with Gasteiger partial charge >= 0.3 is 0 Å². The van der Waals surface area contributed by atoms with Crippen LogP contribution in [0.5, 0.6) is 5.75 Å². The standard InChI is InChI=1S/C6H6O.H3P.H2S/c7-6-4-2-1-3-5-6;;/h1-5,7H;1H3;1H2. The second kappa shape index (κ2) is 5.93. The first-order valence-corrected chi connectivity index (χ1v) is 2.13. The third-order valence-electron chi connectivity index (χ3n) is 0.756. The second-order valence-corrected chi connectivity index (χ2v) is 1.34. The third-order valence-corrected chi connectivity index (χ3v) is 0.756. The van der Waals surface area contributed by atoms with E-state index in [0.717, 1.165) is 0 Å².